The van der Waals surface area contributed by atoms with Crippen molar-refractivity contribution >= 4 is 17.6 Å². The molecule has 0 aliphatic rings. The normalized spacial score (nSPS) is 11.7. The summed E-state index contributed by atoms with van der Waals surface area (Å²) in [5.41, 5.74) is 0.844. The zero-order valence-corrected chi connectivity index (χ0v) is 16.3. The Balaban J connectivity index is 1.87. The molecule has 0 radical (unpaired) electrons. The Bertz CT molecular complexity index is 1050. The van der Waals surface area contributed by atoms with Gasteiger partial charge in [0.15, 0.2) is 0 Å². The predicted octanol–water partition coefficient (Wildman–Crippen LogP) is 3.68. The zero-order valence-electron chi connectivity index (χ0n) is 16.3. The standard InChI is InChI=1S/C23H19FN2O5/c24-18-12-11-15(14-20(18)26(30)31)13-19(23(28)29)25-22(27)21(16-7-3-1-4-8-16)17-9-5-2-6-10-17/h1-12,14,19,21H,13H2,(H,25,27)(H,28,29)/t19-/m1/s1. The molecular weight excluding hydrogens is 403 g/mol. The molecule has 0 aromatic heterocycles. The van der Waals surface area contributed by atoms with Crippen LogP contribution < -0.4 is 5.32 Å². The van der Waals surface area contributed by atoms with Gasteiger partial charge in [-0.1, -0.05) is 66.7 Å². The van der Waals surface area contributed by atoms with Gasteiger partial charge in [0, 0.05) is 12.5 Å². The number of carboxylic acids is 1. The number of nitrogens with one attached hydrogen (secondary N) is 1. The summed E-state index contributed by atoms with van der Waals surface area (Å²) in [7, 11) is 0. The molecule has 0 unspecified atom stereocenters. The van der Waals surface area contributed by atoms with Crippen LogP contribution >= 0.6 is 0 Å². The summed E-state index contributed by atoms with van der Waals surface area (Å²) in [6.07, 6.45) is -0.238. The number of hydrogen-bond acceptors (Lipinski definition) is 4. The van der Waals surface area contributed by atoms with Gasteiger partial charge in [-0.05, 0) is 22.8 Å². The topological polar surface area (TPSA) is 110 Å². The molecule has 1 atom stereocenters. The molecule has 0 spiro atoms. The molecule has 7 nitrogen and oxygen atoms in total. The van der Waals surface area contributed by atoms with Crippen molar-refractivity contribution in [3.05, 3.63) is 111 Å². The van der Waals surface area contributed by atoms with Gasteiger partial charge in [-0.2, -0.15) is 4.39 Å². The maximum Gasteiger partial charge on any atom is 0.326 e. The van der Waals surface area contributed by atoms with Crippen molar-refractivity contribution in [1.29, 1.82) is 0 Å². The lowest BCUT2D eigenvalue weighted by molar-refractivity contribution is -0.387. The van der Waals surface area contributed by atoms with Gasteiger partial charge in [-0.25, -0.2) is 4.79 Å². The van der Waals surface area contributed by atoms with Gasteiger partial charge in [-0.3, -0.25) is 14.9 Å². The molecule has 0 bridgehead atoms. The lowest BCUT2D eigenvalue weighted by atomic mass is 9.90. The van der Waals surface area contributed by atoms with Gasteiger partial charge in [0.1, 0.15) is 6.04 Å². The number of nitro benzene ring substituents is 1. The minimum absolute atomic E-state index is 0.219. The fraction of sp³-hybridized carbons (Fsp3) is 0.130. The molecule has 2 N–H and O–H groups in total. The average molecular weight is 422 g/mol. The van der Waals surface area contributed by atoms with E-state index in [9.17, 15) is 29.2 Å². The van der Waals surface area contributed by atoms with Crippen LogP contribution in [-0.4, -0.2) is 27.9 Å². The van der Waals surface area contributed by atoms with Crippen LogP contribution in [0.5, 0.6) is 0 Å². The third kappa shape index (κ3) is 5.30. The van der Waals surface area contributed by atoms with Gasteiger partial charge in [0.25, 0.3) is 0 Å². The lowest BCUT2D eigenvalue weighted by Gasteiger charge is -2.21. The molecule has 31 heavy (non-hydrogen) atoms. The minimum Gasteiger partial charge on any atom is -0.480 e. The highest BCUT2D eigenvalue weighted by atomic mass is 19.1. The number of carbonyl (C=O) groups excluding carboxylic acids is 1. The van der Waals surface area contributed by atoms with E-state index < -0.39 is 40.3 Å². The summed E-state index contributed by atoms with van der Waals surface area (Å²) >= 11 is 0. The molecule has 3 aromatic rings. The fourth-order valence-corrected chi connectivity index (χ4v) is 3.30. The highest BCUT2D eigenvalue weighted by molar-refractivity contribution is 5.90. The van der Waals surface area contributed by atoms with Crippen molar-refractivity contribution in [3.8, 4) is 0 Å². The van der Waals surface area contributed by atoms with Crippen molar-refractivity contribution in [2.75, 3.05) is 0 Å². The number of carboxylic acid groups (broad SMARTS) is 1. The molecular formula is C23H19FN2O5. The first-order valence-corrected chi connectivity index (χ1v) is 9.42. The number of amides is 1. The van der Waals surface area contributed by atoms with Crippen molar-refractivity contribution in [1.82, 2.24) is 5.32 Å². The second-order valence-corrected chi connectivity index (χ2v) is 6.90. The Morgan fingerprint density at radius 3 is 2.00 bits per heavy atom. The van der Waals surface area contributed by atoms with Crippen LogP contribution in [0.3, 0.4) is 0 Å². The van der Waals surface area contributed by atoms with Gasteiger partial charge in [-0.15, -0.1) is 0 Å². The van der Waals surface area contributed by atoms with Crippen molar-refractivity contribution in [2.24, 2.45) is 0 Å². The molecule has 8 heteroatoms. The third-order valence-electron chi connectivity index (χ3n) is 4.79. The second kappa shape index (κ2) is 9.62. The number of carbonyl (C=O) groups is 2. The van der Waals surface area contributed by atoms with Crippen LogP contribution in [0.2, 0.25) is 0 Å². The fourth-order valence-electron chi connectivity index (χ4n) is 3.30. The number of aliphatic carboxylic acids is 1. The van der Waals surface area contributed by atoms with Crippen LogP contribution in [-0.2, 0) is 16.0 Å². The third-order valence-corrected chi connectivity index (χ3v) is 4.79. The molecule has 158 valence electrons. The van der Waals surface area contributed by atoms with E-state index in [1.165, 1.54) is 6.07 Å². The molecule has 3 aromatic carbocycles. The van der Waals surface area contributed by atoms with Gasteiger partial charge >= 0.3 is 11.7 Å². The molecule has 0 aliphatic carbocycles. The van der Waals surface area contributed by atoms with E-state index in [0.29, 0.717) is 11.1 Å². The second-order valence-electron chi connectivity index (χ2n) is 6.90. The van der Waals surface area contributed by atoms with E-state index in [2.05, 4.69) is 5.32 Å². The summed E-state index contributed by atoms with van der Waals surface area (Å²) in [6.45, 7) is 0. The predicted molar refractivity (Wildman–Crippen MR) is 111 cm³/mol. The van der Waals surface area contributed by atoms with Crippen LogP contribution in [0, 0.1) is 15.9 Å². The Morgan fingerprint density at radius 1 is 0.968 bits per heavy atom. The quantitative estimate of drug-likeness (QED) is 0.425. The minimum atomic E-state index is -1.35. The summed E-state index contributed by atoms with van der Waals surface area (Å²) < 4.78 is 13.6. The number of benzene rings is 3. The monoisotopic (exact) mass is 422 g/mol. The number of nitro groups is 1. The molecule has 0 aliphatic heterocycles. The maximum absolute atomic E-state index is 13.6. The van der Waals surface area contributed by atoms with Gasteiger partial charge < -0.3 is 10.4 Å². The molecule has 0 heterocycles. The molecule has 0 saturated carbocycles. The van der Waals surface area contributed by atoms with E-state index in [1.54, 1.807) is 48.5 Å². The number of hydrogen-bond donors (Lipinski definition) is 2. The Morgan fingerprint density at radius 2 is 1.52 bits per heavy atom. The first-order chi connectivity index (χ1) is 14.9. The van der Waals surface area contributed by atoms with Crippen LogP contribution in [0.4, 0.5) is 10.1 Å². The van der Waals surface area contributed by atoms with Crippen LogP contribution in [0.25, 0.3) is 0 Å². The lowest BCUT2D eigenvalue weighted by Crippen LogP contribution is -2.44. The Hall–Kier alpha value is -4.07. The Kier molecular flexibility index (Phi) is 6.71. The van der Waals surface area contributed by atoms with Crippen molar-refractivity contribution < 1.29 is 24.0 Å². The van der Waals surface area contributed by atoms with Crippen molar-refractivity contribution in [3.63, 3.8) is 0 Å². The highest BCUT2D eigenvalue weighted by Crippen LogP contribution is 2.25. The van der Waals surface area contributed by atoms with E-state index in [1.807, 2.05) is 12.1 Å². The maximum atomic E-state index is 13.6. The largest absolute Gasteiger partial charge is 0.480 e. The van der Waals surface area contributed by atoms with E-state index in [0.717, 1.165) is 12.1 Å². The van der Waals surface area contributed by atoms with Crippen LogP contribution in [0.15, 0.2) is 78.9 Å². The number of nitrogens with zero attached hydrogens (tertiary/aromatic N) is 1. The molecule has 1 amide bonds. The summed E-state index contributed by atoms with van der Waals surface area (Å²) in [6, 6.07) is 19.6. The summed E-state index contributed by atoms with van der Waals surface area (Å²) in [5, 5.41) is 23.1. The first-order valence-electron chi connectivity index (χ1n) is 9.42. The molecule has 3 rings (SSSR count). The summed E-state index contributed by atoms with van der Waals surface area (Å²) in [5.74, 6) is -3.59. The molecule has 0 fully saturated rings. The summed E-state index contributed by atoms with van der Waals surface area (Å²) in [4.78, 5) is 35.0. The van der Waals surface area contributed by atoms with Gasteiger partial charge in [0.05, 0.1) is 10.8 Å². The van der Waals surface area contributed by atoms with E-state index in [-0.39, 0.29) is 12.0 Å². The van der Waals surface area contributed by atoms with Crippen LogP contribution in [0.1, 0.15) is 22.6 Å². The first kappa shape index (κ1) is 21.6. The van der Waals surface area contributed by atoms with Gasteiger partial charge in [0.2, 0.25) is 11.7 Å². The van der Waals surface area contributed by atoms with E-state index >= 15 is 0 Å². The zero-order chi connectivity index (χ0) is 22.4. The van der Waals surface area contributed by atoms with Crippen molar-refractivity contribution in [2.45, 2.75) is 18.4 Å². The van der Waals surface area contributed by atoms with E-state index in [4.69, 9.17) is 0 Å². The Labute approximate surface area is 177 Å². The average Bonchev–Trinajstić information content (AvgIpc) is 2.76. The number of rotatable bonds is 8. The number of halogens is 1. The SMILES string of the molecule is O=C(N[C@H](Cc1ccc(F)c([N+](=O)[O-])c1)C(=O)O)C(c1ccccc1)c1ccccc1. The molecule has 0 saturated heterocycles. The highest BCUT2D eigenvalue weighted by Gasteiger charge is 2.28. The smallest absolute Gasteiger partial charge is 0.326 e.